The molecule has 0 bridgehead atoms. The number of carbonyl (C=O) groups is 1. The summed E-state index contributed by atoms with van der Waals surface area (Å²) in [4.78, 5) is 25.6. The summed E-state index contributed by atoms with van der Waals surface area (Å²) in [7, 11) is 0. The predicted molar refractivity (Wildman–Crippen MR) is 118 cm³/mol. The van der Waals surface area contributed by atoms with Crippen LogP contribution in [-0.4, -0.2) is 15.7 Å². The fraction of sp³-hybridized carbons (Fsp3) is 0.261. The third kappa shape index (κ3) is 4.32. The highest BCUT2D eigenvalue weighted by Crippen LogP contribution is 2.28. The molecular weight excluding hydrogens is 430 g/mol. The fourth-order valence-electron chi connectivity index (χ4n) is 3.74. The lowest BCUT2D eigenvalue weighted by Gasteiger charge is -2.20. The second-order valence-corrected chi connectivity index (χ2v) is 8.32. The quantitative estimate of drug-likeness (QED) is 0.634. The van der Waals surface area contributed by atoms with Crippen LogP contribution in [0, 0.1) is 6.92 Å². The number of amides is 1. The first-order valence-electron chi connectivity index (χ1n) is 9.76. The number of aromatic nitrogens is 2. The van der Waals surface area contributed by atoms with E-state index < -0.39 is 0 Å². The van der Waals surface area contributed by atoms with Crippen molar-refractivity contribution in [3.63, 3.8) is 0 Å². The number of hydrogen-bond acceptors (Lipinski definition) is 3. The lowest BCUT2D eigenvalue weighted by atomic mass is 9.89. The van der Waals surface area contributed by atoms with E-state index in [-0.39, 0.29) is 18.0 Å². The minimum Gasteiger partial charge on any atom is -0.324 e. The highest BCUT2D eigenvalue weighted by atomic mass is 79.9. The Bertz CT molecular complexity index is 1120. The average molecular weight is 452 g/mol. The molecule has 0 saturated heterocycles. The van der Waals surface area contributed by atoms with Gasteiger partial charge >= 0.3 is 0 Å². The molecule has 1 aromatic heterocycles. The van der Waals surface area contributed by atoms with Crippen molar-refractivity contribution >= 4 is 27.5 Å². The van der Waals surface area contributed by atoms with Gasteiger partial charge in [-0.25, -0.2) is 4.68 Å². The van der Waals surface area contributed by atoms with Gasteiger partial charge in [-0.15, -0.1) is 0 Å². The topological polar surface area (TPSA) is 64.0 Å². The van der Waals surface area contributed by atoms with Crippen LogP contribution >= 0.6 is 15.9 Å². The van der Waals surface area contributed by atoms with Crippen molar-refractivity contribution in [2.24, 2.45) is 0 Å². The summed E-state index contributed by atoms with van der Waals surface area (Å²) in [5, 5.41) is 7.46. The van der Waals surface area contributed by atoms with Crippen LogP contribution in [0.15, 0.2) is 57.8 Å². The highest BCUT2D eigenvalue weighted by molar-refractivity contribution is 9.10. The number of carbonyl (C=O) groups excluding carboxylic acids is 1. The number of benzene rings is 2. The maximum atomic E-state index is 13.0. The number of anilines is 1. The monoisotopic (exact) mass is 451 g/mol. The molecule has 1 heterocycles. The van der Waals surface area contributed by atoms with Gasteiger partial charge in [-0.2, -0.15) is 5.10 Å². The van der Waals surface area contributed by atoms with Gasteiger partial charge in [0, 0.05) is 21.3 Å². The molecular formula is C23H22BrN3O2. The Morgan fingerprint density at radius 2 is 1.83 bits per heavy atom. The molecule has 5 nitrogen and oxygen atoms in total. The van der Waals surface area contributed by atoms with Crippen molar-refractivity contribution in [3.8, 4) is 11.3 Å². The first-order valence-corrected chi connectivity index (χ1v) is 10.6. The first kappa shape index (κ1) is 19.6. The number of nitrogens with one attached hydrogen (secondary N) is 1. The van der Waals surface area contributed by atoms with Crippen LogP contribution in [0.3, 0.4) is 0 Å². The summed E-state index contributed by atoms with van der Waals surface area (Å²) in [6.45, 7) is 1.93. The van der Waals surface area contributed by atoms with Crippen LogP contribution in [0.1, 0.15) is 29.5 Å². The Hall–Kier alpha value is -2.73. The van der Waals surface area contributed by atoms with Crippen LogP contribution in [0.5, 0.6) is 0 Å². The Morgan fingerprint density at radius 3 is 2.55 bits per heavy atom. The summed E-state index contributed by atoms with van der Waals surface area (Å²) in [6, 6.07) is 15.5. The number of aryl methyl sites for hydroxylation is 1. The molecule has 1 aliphatic carbocycles. The second-order valence-electron chi connectivity index (χ2n) is 7.40. The van der Waals surface area contributed by atoms with Crippen LogP contribution in [-0.2, 0) is 24.2 Å². The Kier molecular flexibility index (Phi) is 5.62. The zero-order valence-corrected chi connectivity index (χ0v) is 17.8. The van der Waals surface area contributed by atoms with E-state index in [1.165, 1.54) is 10.2 Å². The minimum atomic E-state index is -0.275. The van der Waals surface area contributed by atoms with Crippen molar-refractivity contribution in [1.82, 2.24) is 9.78 Å². The molecule has 0 aliphatic heterocycles. The molecule has 1 N–H and O–H groups in total. The number of hydrogen-bond donors (Lipinski definition) is 1. The maximum absolute atomic E-state index is 13.0. The van der Waals surface area contributed by atoms with E-state index in [1.807, 2.05) is 55.5 Å². The van der Waals surface area contributed by atoms with E-state index in [2.05, 4.69) is 26.3 Å². The molecule has 3 aromatic rings. The van der Waals surface area contributed by atoms with Crippen LogP contribution < -0.4 is 10.9 Å². The second kappa shape index (κ2) is 8.33. The molecule has 0 saturated carbocycles. The van der Waals surface area contributed by atoms with E-state index in [0.29, 0.717) is 5.69 Å². The summed E-state index contributed by atoms with van der Waals surface area (Å²) >= 11 is 3.39. The number of rotatable bonds is 4. The molecule has 0 unspecified atom stereocenters. The lowest BCUT2D eigenvalue weighted by Crippen LogP contribution is -2.34. The molecule has 0 atom stereocenters. The summed E-state index contributed by atoms with van der Waals surface area (Å²) < 4.78 is 2.19. The SMILES string of the molecule is Cc1ccc(-c2nn(CC(=O)Nc3cccc(Br)c3)c(=O)c3c2CCCC3)cc1. The zero-order valence-electron chi connectivity index (χ0n) is 16.2. The summed E-state index contributed by atoms with van der Waals surface area (Å²) in [5.41, 5.74) is 5.33. The lowest BCUT2D eigenvalue weighted by molar-refractivity contribution is -0.117. The van der Waals surface area contributed by atoms with Crippen molar-refractivity contribution < 1.29 is 4.79 Å². The molecule has 1 amide bonds. The standard InChI is InChI=1S/C23H22BrN3O2/c1-15-9-11-16(12-10-15)22-19-7-2-3-8-20(19)23(29)27(26-22)14-21(28)25-18-6-4-5-17(24)13-18/h4-6,9-13H,2-3,7-8,14H2,1H3,(H,25,28). The Labute approximate surface area is 177 Å². The van der Waals surface area contributed by atoms with Crippen LogP contribution in [0.25, 0.3) is 11.3 Å². The van der Waals surface area contributed by atoms with Crippen molar-refractivity contribution in [3.05, 3.63) is 80.0 Å². The van der Waals surface area contributed by atoms with E-state index in [4.69, 9.17) is 0 Å². The summed E-state index contributed by atoms with van der Waals surface area (Å²) in [6.07, 6.45) is 3.64. The first-order chi connectivity index (χ1) is 14.0. The average Bonchev–Trinajstić information content (AvgIpc) is 2.71. The van der Waals surface area contributed by atoms with Gasteiger partial charge in [-0.1, -0.05) is 51.8 Å². The van der Waals surface area contributed by atoms with Gasteiger partial charge in [-0.3, -0.25) is 9.59 Å². The molecule has 0 radical (unpaired) electrons. The van der Waals surface area contributed by atoms with E-state index in [1.54, 1.807) is 0 Å². The van der Waals surface area contributed by atoms with Crippen molar-refractivity contribution in [2.45, 2.75) is 39.2 Å². The van der Waals surface area contributed by atoms with Gasteiger partial charge in [0.2, 0.25) is 5.91 Å². The van der Waals surface area contributed by atoms with Gasteiger partial charge in [0.1, 0.15) is 6.54 Å². The minimum absolute atomic E-state index is 0.114. The summed E-state index contributed by atoms with van der Waals surface area (Å²) in [5.74, 6) is -0.275. The van der Waals surface area contributed by atoms with E-state index >= 15 is 0 Å². The Balaban J connectivity index is 1.69. The predicted octanol–water partition coefficient (Wildman–Crippen LogP) is 4.50. The smallest absolute Gasteiger partial charge is 0.270 e. The molecule has 6 heteroatoms. The highest BCUT2D eigenvalue weighted by Gasteiger charge is 2.22. The van der Waals surface area contributed by atoms with Crippen LogP contribution in [0.2, 0.25) is 0 Å². The van der Waals surface area contributed by atoms with Crippen molar-refractivity contribution in [2.75, 3.05) is 5.32 Å². The molecule has 148 valence electrons. The third-order valence-corrected chi connectivity index (χ3v) is 5.69. The number of halogens is 1. The van der Waals surface area contributed by atoms with E-state index in [9.17, 15) is 9.59 Å². The van der Waals surface area contributed by atoms with Gasteiger partial charge in [0.05, 0.1) is 5.69 Å². The normalized spacial score (nSPS) is 13.0. The Morgan fingerprint density at radius 1 is 1.10 bits per heavy atom. The van der Waals surface area contributed by atoms with Gasteiger partial charge in [-0.05, 0) is 56.4 Å². The molecule has 4 rings (SSSR count). The van der Waals surface area contributed by atoms with E-state index in [0.717, 1.165) is 52.5 Å². The third-order valence-electron chi connectivity index (χ3n) is 5.19. The van der Waals surface area contributed by atoms with Crippen molar-refractivity contribution in [1.29, 1.82) is 0 Å². The largest absolute Gasteiger partial charge is 0.324 e. The van der Waals surface area contributed by atoms with Gasteiger partial charge in [0.25, 0.3) is 5.56 Å². The fourth-order valence-corrected chi connectivity index (χ4v) is 4.14. The zero-order chi connectivity index (χ0) is 20.4. The molecule has 0 fully saturated rings. The van der Waals surface area contributed by atoms with Gasteiger partial charge in [0.15, 0.2) is 0 Å². The number of nitrogens with zero attached hydrogens (tertiary/aromatic N) is 2. The van der Waals surface area contributed by atoms with Gasteiger partial charge < -0.3 is 5.32 Å². The molecule has 1 aliphatic rings. The molecule has 29 heavy (non-hydrogen) atoms. The maximum Gasteiger partial charge on any atom is 0.270 e. The number of fused-ring (bicyclic) bond motifs is 1. The molecule has 2 aromatic carbocycles. The van der Waals surface area contributed by atoms with Crippen LogP contribution in [0.4, 0.5) is 5.69 Å². The molecule has 0 spiro atoms.